The van der Waals surface area contributed by atoms with Crippen LogP contribution in [0.5, 0.6) is 34.5 Å². The maximum atomic E-state index is 15.1. The summed E-state index contributed by atoms with van der Waals surface area (Å²) in [4.78, 5) is 12.6. The molecule has 0 amide bonds. The number of hydrogen-bond donors (Lipinski definition) is 2. The standard InChI is InChI=1S/C71H72NO12P3/c1-4-71(74,44-49-23-5-13-33-61(49)80-45-51(72-75)47-86(77)67-39-19-10-29-57(67)54-26-7-15-35-63(54)83-86)60-32-21-24-50(69(60)81-46-52(73)48-87(78)68-40-20-11-30-58(68)55-27-8-16-36-64(55)84-87)43-70(2,3)59-31-12-17-37-65(59)79-41-22-42-85(76)66-38-18-9-28-56(66)53-25-6-14-34-62(53)82-85/h5-9,12-21,23-28,31-40,51-52,73-74H,4,10-11,22,29-30,41-48H2,1-3H3. The molecule has 0 bridgehead atoms. The summed E-state index contributed by atoms with van der Waals surface area (Å²) < 4.78 is 83.4. The molecule has 16 heteroatoms. The smallest absolute Gasteiger partial charge is 0.280 e. The Hall–Kier alpha value is -7.49. The van der Waals surface area contributed by atoms with Crippen LogP contribution in [0.1, 0.15) is 92.7 Å². The minimum absolute atomic E-state index is 0.0442. The summed E-state index contributed by atoms with van der Waals surface area (Å²) in [7, 11) is -10.5. The van der Waals surface area contributed by atoms with Gasteiger partial charge in [0.15, 0.2) is 0 Å². The van der Waals surface area contributed by atoms with Crippen molar-refractivity contribution in [2.24, 2.45) is 5.18 Å². The Morgan fingerprint density at radius 1 is 0.563 bits per heavy atom. The average Bonchev–Trinajstić information content (AvgIpc) is 1.19. The van der Waals surface area contributed by atoms with E-state index in [1.54, 1.807) is 12.1 Å². The van der Waals surface area contributed by atoms with Crippen LogP contribution in [0.2, 0.25) is 0 Å². The van der Waals surface area contributed by atoms with E-state index in [0.29, 0.717) is 87.2 Å². The minimum Gasteiger partial charge on any atom is -0.493 e. The van der Waals surface area contributed by atoms with Gasteiger partial charge in [0.1, 0.15) is 53.8 Å². The van der Waals surface area contributed by atoms with Crippen molar-refractivity contribution in [2.75, 3.05) is 38.3 Å². The van der Waals surface area contributed by atoms with Crippen LogP contribution in [-0.2, 0) is 37.6 Å². The van der Waals surface area contributed by atoms with Crippen molar-refractivity contribution in [1.29, 1.82) is 0 Å². The van der Waals surface area contributed by atoms with Gasteiger partial charge in [-0.1, -0.05) is 178 Å². The maximum Gasteiger partial charge on any atom is 0.280 e. The summed E-state index contributed by atoms with van der Waals surface area (Å²) in [5.74, 6) is 3.10. The highest BCUT2D eigenvalue weighted by atomic mass is 31.2. The topological polar surface area (TPSA) is 176 Å². The van der Waals surface area contributed by atoms with E-state index < -0.39 is 45.3 Å². The molecule has 7 aromatic carbocycles. The molecule has 2 N–H and O–H groups in total. The van der Waals surface area contributed by atoms with Gasteiger partial charge in [0.2, 0.25) is 0 Å². The Morgan fingerprint density at radius 2 is 1.10 bits per heavy atom. The van der Waals surface area contributed by atoms with E-state index in [9.17, 15) is 24.3 Å². The van der Waals surface area contributed by atoms with E-state index in [0.717, 1.165) is 57.4 Å². The Morgan fingerprint density at radius 3 is 1.77 bits per heavy atom. The Bertz CT molecular complexity index is 4050. The number of para-hydroxylation sites is 6. The number of rotatable bonds is 23. The van der Waals surface area contributed by atoms with Crippen molar-refractivity contribution in [3.8, 4) is 45.6 Å². The number of nitroso groups, excluding NO2 is 1. The Balaban J connectivity index is 0.809. The highest BCUT2D eigenvalue weighted by Gasteiger charge is 2.43. The first kappa shape index (κ1) is 59.8. The van der Waals surface area contributed by atoms with Gasteiger partial charge in [0, 0.05) is 40.4 Å². The summed E-state index contributed by atoms with van der Waals surface area (Å²) >= 11 is 0. The van der Waals surface area contributed by atoms with Crippen molar-refractivity contribution in [3.63, 3.8) is 0 Å². The molecule has 7 aromatic rings. The summed E-state index contributed by atoms with van der Waals surface area (Å²) in [6.45, 7) is 5.94. The van der Waals surface area contributed by atoms with Crippen molar-refractivity contribution < 1.29 is 51.7 Å². The number of aliphatic hydroxyl groups is 2. The summed E-state index contributed by atoms with van der Waals surface area (Å²) in [6.07, 6.45) is 10.5. The zero-order chi connectivity index (χ0) is 60.4. The fraction of sp³-hybridized carbons (Fsp3) is 0.296. The number of benzene rings is 7. The number of aliphatic hydroxyl groups excluding tert-OH is 1. The molecule has 0 saturated heterocycles. The maximum absolute atomic E-state index is 15.1. The number of fused-ring (bicyclic) bond motifs is 7. The number of hydrogen-bond acceptors (Lipinski definition) is 13. The molecule has 6 atom stereocenters. The van der Waals surface area contributed by atoms with Gasteiger partial charge >= 0.3 is 0 Å². The fourth-order valence-corrected chi connectivity index (χ4v) is 20.3. The molecule has 0 radical (unpaired) electrons. The second kappa shape index (κ2) is 24.9. The fourth-order valence-electron chi connectivity index (χ4n) is 13.0. The third-order valence-electron chi connectivity index (χ3n) is 17.3. The first-order chi connectivity index (χ1) is 42.1. The number of allylic oxidation sites excluding steroid dienone is 8. The molecule has 3 aliphatic heterocycles. The molecular formula is C71H72NO12P3. The van der Waals surface area contributed by atoms with Crippen molar-refractivity contribution in [1.82, 2.24) is 0 Å². The number of nitrogens with zero attached hydrogens (tertiary/aromatic N) is 1. The lowest BCUT2D eigenvalue weighted by molar-refractivity contribution is 0.0271. The van der Waals surface area contributed by atoms with Crippen LogP contribution in [0.3, 0.4) is 0 Å². The predicted octanol–water partition coefficient (Wildman–Crippen LogP) is 16.6. The molecule has 12 rings (SSSR count). The summed E-state index contributed by atoms with van der Waals surface area (Å²) in [5, 5.41) is 30.7. The van der Waals surface area contributed by atoms with Gasteiger partial charge in [-0.3, -0.25) is 13.7 Å². The highest BCUT2D eigenvalue weighted by molar-refractivity contribution is 7.67. The van der Waals surface area contributed by atoms with Crippen molar-refractivity contribution in [3.05, 3.63) is 237 Å². The largest absolute Gasteiger partial charge is 0.493 e. The van der Waals surface area contributed by atoms with Crippen molar-refractivity contribution in [2.45, 2.75) is 95.3 Å². The lowest BCUT2D eigenvalue weighted by Crippen LogP contribution is -2.31. The Labute approximate surface area is 509 Å². The van der Waals surface area contributed by atoms with E-state index in [2.05, 4.69) is 19.0 Å². The molecule has 6 unspecified atom stereocenters. The lowest BCUT2D eigenvalue weighted by atomic mass is 9.76. The molecule has 87 heavy (non-hydrogen) atoms. The SMILES string of the molecule is CCC(O)(Cc1ccccc1OCC(CP1(=O)Oc2ccccc2C2=C1C=CCC2)N=O)c1cccc(CC(C)(C)c2ccccc2OCCCP2(=O)Oc3ccccc3-c3ccccc32)c1OCC(O)CP1(=O)Oc2ccccc2C2=C1C=CCC2. The molecular weight excluding hydrogens is 1150 g/mol. The van der Waals surface area contributed by atoms with Crippen LogP contribution in [0.25, 0.3) is 22.3 Å². The van der Waals surface area contributed by atoms with E-state index in [1.807, 2.05) is 183 Å². The normalized spacial score (nSPS) is 21.2. The van der Waals surface area contributed by atoms with Crippen LogP contribution in [0, 0.1) is 4.91 Å². The summed E-state index contributed by atoms with van der Waals surface area (Å²) in [5.41, 5.74) is 6.10. The van der Waals surface area contributed by atoms with E-state index in [4.69, 9.17) is 27.8 Å². The second-order valence-electron chi connectivity index (χ2n) is 23.8. The zero-order valence-corrected chi connectivity index (χ0v) is 51.9. The molecule has 3 heterocycles. The third kappa shape index (κ3) is 12.1. The van der Waals surface area contributed by atoms with Gasteiger partial charge in [-0.25, -0.2) is 0 Å². The van der Waals surface area contributed by atoms with E-state index in [-0.39, 0.29) is 51.1 Å². The Kier molecular flexibility index (Phi) is 17.2. The zero-order valence-electron chi connectivity index (χ0n) is 49.2. The molecule has 5 aliphatic rings. The van der Waals surface area contributed by atoms with E-state index in [1.165, 1.54) is 0 Å². The van der Waals surface area contributed by atoms with Crippen molar-refractivity contribution >= 4 is 38.6 Å². The van der Waals surface area contributed by atoms with Crippen LogP contribution in [-0.4, -0.2) is 60.7 Å². The summed E-state index contributed by atoms with van der Waals surface area (Å²) in [6, 6.07) is 50.4. The van der Waals surface area contributed by atoms with Crippen LogP contribution >= 0.6 is 22.1 Å². The van der Waals surface area contributed by atoms with Gasteiger partial charge in [-0.15, -0.1) is 0 Å². The molecule has 0 saturated carbocycles. The van der Waals surface area contributed by atoms with Gasteiger partial charge in [0.05, 0.1) is 46.6 Å². The highest BCUT2D eigenvalue weighted by Crippen LogP contribution is 2.65. The molecule has 13 nitrogen and oxygen atoms in total. The molecule has 0 fully saturated rings. The van der Waals surface area contributed by atoms with Gasteiger partial charge in [0.25, 0.3) is 22.1 Å². The van der Waals surface area contributed by atoms with Gasteiger partial charge < -0.3 is 38.0 Å². The number of ether oxygens (including phenoxy) is 3. The molecule has 0 spiro atoms. The third-order valence-corrected chi connectivity index (χ3v) is 24.9. The monoisotopic (exact) mass is 1220 g/mol. The quantitative estimate of drug-likeness (QED) is 0.0353. The van der Waals surface area contributed by atoms with Gasteiger partial charge in [-0.05, 0) is 115 Å². The van der Waals surface area contributed by atoms with E-state index >= 15 is 4.57 Å². The van der Waals surface area contributed by atoms with Gasteiger partial charge in [-0.2, -0.15) is 4.91 Å². The molecule has 2 aliphatic carbocycles. The molecule has 0 aromatic heterocycles. The van der Waals surface area contributed by atoms with Crippen LogP contribution in [0.4, 0.5) is 0 Å². The predicted molar refractivity (Wildman–Crippen MR) is 345 cm³/mol. The minimum atomic E-state index is -3.64. The lowest BCUT2D eigenvalue weighted by Gasteiger charge is -2.34. The second-order valence-corrected chi connectivity index (χ2v) is 31.0. The first-order valence-corrected chi connectivity index (χ1v) is 35.5. The molecule has 448 valence electrons. The average molecular weight is 1220 g/mol. The first-order valence-electron chi connectivity index (χ1n) is 30.1. The van der Waals surface area contributed by atoms with Crippen LogP contribution in [0.15, 0.2) is 204 Å². The van der Waals surface area contributed by atoms with Crippen LogP contribution < -0.4 is 33.1 Å².